The van der Waals surface area contributed by atoms with Crippen molar-refractivity contribution in [1.29, 1.82) is 0 Å². The molecule has 0 aliphatic rings. The molecule has 0 fully saturated rings. The molecule has 21 heavy (non-hydrogen) atoms. The summed E-state index contributed by atoms with van der Waals surface area (Å²) in [6.45, 7) is -0.689. The summed E-state index contributed by atoms with van der Waals surface area (Å²) < 4.78 is 37.9. The van der Waals surface area contributed by atoms with Crippen LogP contribution in [0.2, 0.25) is 0 Å². The third-order valence-corrected chi connectivity index (χ3v) is 2.83. The van der Waals surface area contributed by atoms with Gasteiger partial charge < -0.3 is 10.8 Å². The lowest BCUT2D eigenvalue weighted by Crippen LogP contribution is -2.09. The lowest BCUT2D eigenvalue weighted by Gasteiger charge is -2.09. The number of rotatable bonds is 3. The van der Waals surface area contributed by atoms with Crippen molar-refractivity contribution in [2.45, 2.75) is 6.18 Å². The molecular formula is C14H11F3N2O2. The minimum atomic E-state index is -4.53. The van der Waals surface area contributed by atoms with Crippen LogP contribution in [-0.2, 0) is 6.18 Å². The lowest BCUT2D eigenvalue weighted by molar-refractivity contribution is -0.141. The van der Waals surface area contributed by atoms with Gasteiger partial charge in [-0.1, -0.05) is 12.1 Å². The largest absolute Gasteiger partial charge is 0.433 e. The second kappa shape index (κ2) is 5.53. The predicted octanol–water partition coefficient (Wildman–Crippen LogP) is 2.52. The number of ketones is 1. The van der Waals surface area contributed by atoms with Crippen molar-refractivity contribution in [2.75, 3.05) is 12.3 Å². The fraction of sp³-hybridized carbons (Fsp3) is 0.143. The lowest BCUT2D eigenvalue weighted by atomic mass is 10.0. The Morgan fingerprint density at radius 3 is 2.52 bits per heavy atom. The smallest absolute Gasteiger partial charge is 0.398 e. The van der Waals surface area contributed by atoms with E-state index in [-0.39, 0.29) is 16.9 Å². The van der Waals surface area contributed by atoms with Gasteiger partial charge in [0, 0.05) is 16.8 Å². The quantitative estimate of drug-likeness (QED) is 0.674. The first-order valence-electron chi connectivity index (χ1n) is 5.91. The van der Waals surface area contributed by atoms with E-state index in [2.05, 4.69) is 4.98 Å². The number of Topliss-reactive ketones (excluding diaryl/α,β-unsaturated/α-hetero) is 1. The van der Waals surface area contributed by atoms with Gasteiger partial charge in [0.05, 0.1) is 5.69 Å². The number of hydrogen-bond donors (Lipinski definition) is 2. The predicted molar refractivity (Wildman–Crippen MR) is 70.5 cm³/mol. The summed E-state index contributed by atoms with van der Waals surface area (Å²) in [5.41, 5.74) is 5.32. The Labute approximate surface area is 118 Å². The van der Waals surface area contributed by atoms with E-state index < -0.39 is 24.3 Å². The molecule has 2 aromatic rings. The summed E-state index contributed by atoms with van der Waals surface area (Å²) in [6.07, 6.45) is -4.53. The van der Waals surface area contributed by atoms with E-state index in [9.17, 15) is 18.0 Å². The molecule has 1 aromatic heterocycles. The number of anilines is 1. The molecule has 0 radical (unpaired) electrons. The zero-order valence-electron chi connectivity index (χ0n) is 10.7. The number of hydrogen-bond acceptors (Lipinski definition) is 4. The highest BCUT2D eigenvalue weighted by Gasteiger charge is 2.32. The van der Waals surface area contributed by atoms with Crippen LogP contribution in [0.5, 0.6) is 0 Å². The Kier molecular flexibility index (Phi) is 3.95. The number of aromatic nitrogens is 1. The Morgan fingerprint density at radius 2 is 1.95 bits per heavy atom. The molecule has 0 bridgehead atoms. The summed E-state index contributed by atoms with van der Waals surface area (Å²) in [5, 5.41) is 8.78. The highest BCUT2D eigenvalue weighted by Crippen LogP contribution is 2.30. The van der Waals surface area contributed by atoms with Crippen molar-refractivity contribution in [1.82, 2.24) is 4.98 Å². The maximum atomic E-state index is 12.6. The summed E-state index contributed by atoms with van der Waals surface area (Å²) in [5.74, 6) is -0.559. The van der Waals surface area contributed by atoms with Crippen LogP contribution in [0, 0.1) is 0 Å². The molecule has 2 rings (SSSR count). The topological polar surface area (TPSA) is 76.2 Å². The number of halogens is 3. The number of nitrogens with zero attached hydrogens (tertiary/aromatic N) is 1. The number of nitrogens with two attached hydrogens (primary N) is 1. The maximum absolute atomic E-state index is 12.6. The van der Waals surface area contributed by atoms with Crippen LogP contribution in [0.15, 0.2) is 36.4 Å². The molecule has 110 valence electrons. The molecule has 0 unspecified atom stereocenters. The van der Waals surface area contributed by atoms with Gasteiger partial charge in [-0.15, -0.1) is 0 Å². The van der Waals surface area contributed by atoms with E-state index in [1.54, 1.807) is 0 Å². The number of aliphatic hydroxyl groups is 1. The van der Waals surface area contributed by atoms with Gasteiger partial charge in [-0.05, 0) is 24.3 Å². The SMILES string of the molecule is Nc1cc(-c2cccc(C(F)(F)F)n2)ccc1C(=O)CO. The minimum absolute atomic E-state index is 0.0748. The molecule has 1 aromatic carbocycles. The van der Waals surface area contributed by atoms with Crippen LogP contribution in [0.1, 0.15) is 16.1 Å². The van der Waals surface area contributed by atoms with Gasteiger partial charge in [0.15, 0.2) is 5.78 Å². The van der Waals surface area contributed by atoms with Gasteiger partial charge in [0.25, 0.3) is 0 Å². The van der Waals surface area contributed by atoms with Crippen LogP contribution in [0.4, 0.5) is 18.9 Å². The van der Waals surface area contributed by atoms with Gasteiger partial charge in [0.1, 0.15) is 12.3 Å². The molecule has 4 nitrogen and oxygen atoms in total. The summed E-state index contributed by atoms with van der Waals surface area (Å²) >= 11 is 0. The zero-order valence-corrected chi connectivity index (χ0v) is 10.7. The van der Waals surface area contributed by atoms with E-state index in [0.29, 0.717) is 5.56 Å². The highest BCUT2D eigenvalue weighted by molar-refractivity contribution is 6.02. The Bertz CT molecular complexity index is 684. The molecule has 3 N–H and O–H groups in total. The Balaban J connectivity index is 2.44. The molecule has 0 aliphatic heterocycles. The number of nitrogen functional groups attached to an aromatic ring is 1. The van der Waals surface area contributed by atoms with Gasteiger partial charge in [0.2, 0.25) is 0 Å². The van der Waals surface area contributed by atoms with Gasteiger partial charge in [-0.25, -0.2) is 4.98 Å². The number of carbonyl (C=O) groups is 1. The number of pyridine rings is 1. The standard InChI is InChI=1S/C14H11F3N2O2/c15-14(16,17)13-3-1-2-11(19-13)8-4-5-9(10(18)6-8)12(21)7-20/h1-6,20H,7,18H2. The summed E-state index contributed by atoms with van der Waals surface area (Å²) in [7, 11) is 0. The normalized spacial score (nSPS) is 11.4. The van der Waals surface area contributed by atoms with Crippen molar-refractivity contribution < 1.29 is 23.1 Å². The second-order valence-corrected chi connectivity index (χ2v) is 4.29. The fourth-order valence-electron chi connectivity index (χ4n) is 1.81. The van der Waals surface area contributed by atoms with E-state index >= 15 is 0 Å². The summed E-state index contributed by atoms with van der Waals surface area (Å²) in [6, 6.07) is 7.67. The number of benzene rings is 1. The van der Waals surface area contributed by atoms with Gasteiger partial charge in [-0.3, -0.25) is 4.79 Å². The van der Waals surface area contributed by atoms with E-state index in [0.717, 1.165) is 6.07 Å². The average molecular weight is 296 g/mol. The second-order valence-electron chi connectivity index (χ2n) is 4.29. The molecule has 0 aliphatic carbocycles. The first-order valence-corrected chi connectivity index (χ1v) is 5.91. The summed E-state index contributed by atoms with van der Waals surface area (Å²) in [4.78, 5) is 14.9. The average Bonchev–Trinajstić information content (AvgIpc) is 2.45. The highest BCUT2D eigenvalue weighted by atomic mass is 19.4. The van der Waals surface area contributed by atoms with Crippen LogP contribution >= 0.6 is 0 Å². The third-order valence-electron chi connectivity index (χ3n) is 2.83. The van der Waals surface area contributed by atoms with Crippen LogP contribution in [0.25, 0.3) is 11.3 Å². The van der Waals surface area contributed by atoms with Gasteiger partial charge >= 0.3 is 6.18 Å². The van der Waals surface area contributed by atoms with Crippen molar-refractivity contribution in [3.63, 3.8) is 0 Å². The van der Waals surface area contributed by atoms with Crippen molar-refractivity contribution >= 4 is 11.5 Å². The zero-order chi connectivity index (χ0) is 15.6. The van der Waals surface area contributed by atoms with Crippen molar-refractivity contribution in [3.8, 4) is 11.3 Å². The van der Waals surface area contributed by atoms with E-state index in [4.69, 9.17) is 10.8 Å². The van der Waals surface area contributed by atoms with Crippen molar-refractivity contribution in [3.05, 3.63) is 47.7 Å². The fourth-order valence-corrected chi connectivity index (χ4v) is 1.81. The maximum Gasteiger partial charge on any atom is 0.433 e. The third kappa shape index (κ3) is 3.19. The molecule has 0 saturated heterocycles. The monoisotopic (exact) mass is 296 g/mol. The van der Waals surface area contributed by atoms with Crippen LogP contribution < -0.4 is 5.73 Å². The number of aliphatic hydroxyl groups excluding tert-OH is 1. The Hall–Kier alpha value is -2.41. The number of carbonyl (C=O) groups excluding carboxylic acids is 1. The molecule has 0 spiro atoms. The Morgan fingerprint density at radius 1 is 1.24 bits per heavy atom. The van der Waals surface area contributed by atoms with E-state index in [1.807, 2.05) is 0 Å². The first kappa shape index (κ1) is 15.0. The van der Waals surface area contributed by atoms with E-state index in [1.165, 1.54) is 30.3 Å². The molecular weight excluding hydrogens is 285 g/mol. The molecule has 0 amide bonds. The molecule has 0 saturated carbocycles. The number of alkyl halides is 3. The molecule has 1 heterocycles. The molecule has 0 atom stereocenters. The van der Waals surface area contributed by atoms with Crippen molar-refractivity contribution in [2.24, 2.45) is 0 Å². The van der Waals surface area contributed by atoms with Crippen LogP contribution in [-0.4, -0.2) is 22.5 Å². The van der Waals surface area contributed by atoms with Crippen LogP contribution in [0.3, 0.4) is 0 Å². The first-order chi connectivity index (χ1) is 9.82. The minimum Gasteiger partial charge on any atom is -0.398 e. The molecule has 7 heteroatoms. The van der Waals surface area contributed by atoms with Gasteiger partial charge in [-0.2, -0.15) is 13.2 Å².